The average molecular weight is 474 g/mol. The van der Waals surface area contributed by atoms with Crippen LogP contribution < -0.4 is 0 Å². The SMILES string of the molecule is CN(CCCc1cn(Cc2ccc(F)cc2)c2cnc3c(c12)CCN(O)C3=O)Cc1ccccn1. The number of amides is 1. The zero-order valence-corrected chi connectivity index (χ0v) is 19.7. The Labute approximate surface area is 203 Å². The molecule has 0 fully saturated rings. The third kappa shape index (κ3) is 4.94. The molecule has 0 spiro atoms. The van der Waals surface area contributed by atoms with Gasteiger partial charge in [0.15, 0.2) is 0 Å². The molecule has 4 heterocycles. The van der Waals surface area contributed by atoms with Gasteiger partial charge >= 0.3 is 0 Å². The Hall–Kier alpha value is -3.62. The normalized spacial score (nSPS) is 13.6. The van der Waals surface area contributed by atoms with Crippen LogP contribution in [0.3, 0.4) is 0 Å². The van der Waals surface area contributed by atoms with E-state index in [9.17, 15) is 14.4 Å². The van der Waals surface area contributed by atoms with Gasteiger partial charge in [0.2, 0.25) is 0 Å². The Morgan fingerprint density at radius 3 is 2.74 bits per heavy atom. The highest BCUT2D eigenvalue weighted by atomic mass is 19.1. The smallest absolute Gasteiger partial charge is 0.296 e. The predicted molar refractivity (Wildman–Crippen MR) is 131 cm³/mol. The lowest BCUT2D eigenvalue weighted by molar-refractivity contribution is -0.0606. The summed E-state index contributed by atoms with van der Waals surface area (Å²) in [5, 5.41) is 11.7. The molecule has 1 amide bonds. The van der Waals surface area contributed by atoms with Crippen molar-refractivity contribution in [3.63, 3.8) is 0 Å². The van der Waals surface area contributed by atoms with Gasteiger partial charge in [0.05, 0.1) is 24.0 Å². The Morgan fingerprint density at radius 2 is 1.97 bits per heavy atom. The van der Waals surface area contributed by atoms with Gasteiger partial charge in [-0.05, 0) is 73.8 Å². The summed E-state index contributed by atoms with van der Waals surface area (Å²) in [6.45, 7) is 2.52. The summed E-state index contributed by atoms with van der Waals surface area (Å²) < 4.78 is 15.5. The molecule has 0 aliphatic carbocycles. The maximum atomic E-state index is 13.4. The van der Waals surface area contributed by atoms with Crippen LogP contribution in [0.25, 0.3) is 10.9 Å². The second-order valence-corrected chi connectivity index (χ2v) is 9.10. The quantitative estimate of drug-likeness (QED) is 0.391. The number of hydrogen-bond acceptors (Lipinski definition) is 5. The van der Waals surface area contributed by atoms with Gasteiger partial charge < -0.3 is 9.47 Å². The number of benzene rings is 1. The van der Waals surface area contributed by atoms with Gasteiger partial charge in [-0.2, -0.15) is 0 Å². The van der Waals surface area contributed by atoms with Gasteiger partial charge in [-0.3, -0.25) is 15.0 Å². The average Bonchev–Trinajstić information content (AvgIpc) is 3.21. The summed E-state index contributed by atoms with van der Waals surface area (Å²) in [7, 11) is 2.09. The van der Waals surface area contributed by atoms with E-state index in [4.69, 9.17) is 0 Å². The number of rotatable bonds is 8. The number of aryl methyl sites for hydroxylation is 1. The van der Waals surface area contributed by atoms with E-state index in [1.165, 1.54) is 12.1 Å². The predicted octanol–water partition coefficient (Wildman–Crippen LogP) is 4.07. The molecule has 0 bridgehead atoms. The minimum Gasteiger partial charge on any atom is -0.342 e. The van der Waals surface area contributed by atoms with Crippen molar-refractivity contribution >= 4 is 16.8 Å². The van der Waals surface area contributed by atoms with Crippen molar-refractivity contribution in [2.24, 2.45) is 0 Å². The van der Waals surface area contributed by atoms with Gasteiger partial charge in [0.1, 0.15) is 11.5 Å². The maximum absolute atomic E-state index is 13.4. The molecule has 1 aliphatic heterocycles. The lowest BCUT2D eigenvalue weighted by atomic mass is 9.97. The van der Waals surface area contributed by atoms with Crippen LogP contribution in [0.2, 0.25) is 0 Å². The van der Waals surface area contributed by atoms with Crippen LogP contribution in [0, 0.1) is 5.82 Å². The minimum absolute atomic E-state index is 0.252. The number of pyridine rings is 2. The van der Waals surface area contributed by atoms with Crippen LogP contribution in [0.4, 0.5) is 4.39 Å². The molecule has 0 unspecified atom stereocenters. The fraction of sp³-hybridized carbons (Fsp3) is 0.296. The van der Waals surface area contributed by atoms with Crippen LogP contribution >= 0.6 is 0 Å². The van der Waals surface area contributed by atoms with Crippen molar-refractivity contribution in [3.05, 3.63) is 95.0 Å². The Morgan fingerprint density at radius 1 is 1.14 bits per heavy atom. The summed E-state index contributed by atoms with van der Waals surface area (Å²) in [6, 6.07) is 12.4. The lowest BCUT2D eigenvalue weighted by Gasteiger charge is -2.23. The molecule has 7 nitrogen and oxygen atoms in total. The van der Waals surface area contributed by atoms with Gasteiger partial charge in [-0.1, -0.05) is 18.2 Å². The van der Waals surface area contributed by atoms with E-state index in [1.807, 2.05) is 24.4 Å². The molecule has 5 rings (SSSR count). The fourth-order valence-electron chi connectivity index (χ4n) is 4.80. The molecular formula is C27H28FN5O2. The summed E-state index contributed by atoms with van der Waals surface area (Å²) in [4.78, 5) is 23.6. The molecule has 1 aromatic carbocycles. The maximum Gasteiger partial charge on any atom is 0.296 e. The highest BCUT2D eigenvalue weighted by molar-refractivity contribution is 6.00. The lowest BCUT2D eigenvalue weighted by Crippen LogP contribution is -2.35. The van der Waals surface area contributed by atoms with Crippen molar-refractivity contribution < 1.29 is 14.4 Å². The van der Waals surface area contributed by atoms with Gasteiger partial charge in [0.25, 0.3) is 5.91 Å². The third-order valence-electron chi connectivity index (χ3n) is 6.52. The number of fused-ring (bicyclic) bond motifs is 3. The number of carbonyl (C=O) groups is 1. The monoisotopic (exact) mass is 473 g/mol. The summed E-state index contributed by atoms with van der Waals surface area (Å²) in [6.07, 6.45) is 7.99. The molecule has 180 valence electrons. The van der Waals surface area contributed by atoms with E-state index >= 15 is 0 Å². The Kier molecular flexibility index (Phi) is 6.57. The number of halogens is 1. The molecular weight excluding hydrogens is 445 g/mol. The molecule has 0 saturated carbocycles. The fourth-order valence-corrected chi connectivity index (χ4v) is 4.80. The number of aromatic nitrogens is 3. The molecule has 1 aliphatic rings. The Bertz CT molecular complexity index is 1340. The first-order chi connectivity index (χ1) is 17.0. The molecule has 0 atom stereocenters. The van der Waals surface area contributed by atoms with Crippen molar-refractivity contribution in [3.8, 4) is 0 Å². The van der Waals surface area contributed by atoms with Crippen LogP contribution in [-0.4, -0.2) is 55.7 Å². The largest absolute Gasteiger partial charge is 0.342 e. The molecule has 8 heteroatoms. The number of nitrogens with zero attached hydrogens (tertiary/aromatic N) is 5. The second kappa shape index (κ2) is 9.93. The van der Waals surface area contributed by atoms with Crippen molar-refractivity contribution in [1.29, 1.82) is 0 Å². The number of hydrogen-bond donors (Lipinski definition) is 1. The van der Waals surface area contributed by atoms with E-state index in [-0.39, 0.29) is 12.4 Å². The van der Waals surface area contributed by atoms with E-state index in [2.05, 4.69) is 32.7 Å². The first-order valence-electron chi connectivity index (χ1n) is 11.8. The van der Waals surface area contributed by atoms with E-state index < -0.39 is 5.91 Å². The van der Waals surface area contributed by atoms with Crippen LogP contribution in [0.5, 0.6) is 0 Å². The first-order valence-corrected chi connectivity index (χ1v) is 11.8. The van der Waals surface area contributed by atoms with E-state index in [0.29, 0.717) is 18.7 Å². The molecule has 0 radical (unpaired) electrons. The highest BCUT2D eigenvalue weighted by Crippen LogP contribution is 2.31. The van der Waals surface area contributed by atoms with Crippen LogP contribution in [-0.2, 0) is 25.9 Å². The number of carbonyl (C=O) groups excluding carboxylic acids is 1. The summed E-state index contributed by atoms with van der Waals surface area (Å²) in [5.74, 6) is -0.718. The third-order valence-corrected chi connectivity index (χ3v) is 6.52. The molecule has 3 aromatic heterocycles. The van der Waals surface area contributed by atoms with Gasteiger partial charge in [0, 0.05) is 30.9 Å². The Balaban J connectivity index is 1.42. The molecule has 35 heavy (non-hydrogen) atoms. The van der Waals surface area contributed by atoms with E-state index in [0.717, 1.165) is 64.3 Å². The second-order valence-electron chi connectivity index (χ2n) is 9.10. The van der Waals surface area contributed by atoms with Gasteiger partial charge in [-0.15, -0.1) is 0 Å². The highest BCUT2D eigenvalue weighted by Gasteiger charge is 2.28. The minimum atomic E-state index is -0.458. The summed E-state index contributed by atoms with van der Waals surface area (Å²) >= 11 is 0. The zero-order valence-electron chi connectivity index (χ0n) is 19.7. The standard InChI is InChI=1S/C27H28FN5O2/c1-31(18-22-6-2-3-12-29-22)13-4-5-20-17-32(16-19-7-9-21(28)10-8-19)24-15-30-26-23(25(20)24)11-14-33(35)27(26)34/h2-3,6-10,12,15,17,35H,4-5,11,13-14,16,18H2,1H3. The first kappa shape index (κ1) is 23.1. The van der Waals surface area contributed by atoms with Crippen LogP contribution in [0.1, 0.15) is 39.3 Å². The number of hydroxylamine groups is 2. The topological polar surface area (TPSA) is 74.5 Å². The van der Waals surface area contributed by atoms with Gasteiger partial charge in [-0.25, -0.2) is 14.4 Å². The van der Waals surface area contributed by atoms with E-state index in [1.54, 1.807) is 18.3 Å². The van der Waals surface area contributed by atoms with Crippen molar-refractivity contribution in [1.82, 2.24) is 24.5 Å². The zero-order chi connectivity index (χ0) is 24.4. The molecule has 0 saturated heterocycles. The molecule has 1 N–H and O–H groups in total. The molecule has 4 aromatic rings. The summed E-state index contributed by atoms with van der Waals surface area (Å²) in [5.41, 5.74) is 5.35. The van der Waals surface area contributed by atoms with Crippen LogP contribution in [0.15, 0.2) is 61.1 Å². The van der Waals surface area contributed by atoms with Crippen molar-refractivity contribution in [2.75, 3.05) is 20.1 Å². The van der Waals surface area contributed by atoms with Crippen molar-refractivity contribution in [2.45, 2.75) is 32.4 Å².